The van der Waals surface area contributed by atoms with Gasteiger partial charge in [0.15, 0.2) is 11.5 Å². The van der Waals surface area contributed by atoms with E-state index in [4.69, 9.17) is 15.2 Å². The second-order valence-corrected chi connectivity index (χ2v) is 6.00. The third-order valence-corrected chi connectivity index (χ3v) is 3.69. The maximum atomic E-state index is 12.0. The number of carbonyl (C=O) groups excluding carboxylic acids is 2. The molecule has 0 bridgehead atoms. The Kier molecular flexibility index (Phi) is 6.62. The van der Waals surface area contributed by atoms with Gasteiger partial charge in [0.1, 0.15) is 30.1 Å². The summed E-state index contributed by atoms with van der Waals surface area (Å²) in [6, 6.07) is 9.07. The van der Waals surface area contributed by atoms with Gasteiger partial charge in [0.2, 0.25) is 0 Å². The van der Waals surface area contributed by atoms with Gasteiger partial charge in [-0.15, -0.1) is 0 Å². The highest BCUT2D eigenvalue weighted by molar-refractivity contribution is 5.92. The molecule has 1 unspecified atom stereocenters. The lowest BCUT2D eigenvalue weighted by Gasteiger charge is -2.16. The molecule has 0 radical (unpaired) electrons. The van der Waals surface area contributed by atoms with Gasteiger partial charge in [0.05, 0.1) is 0 Å². The summed E-state index contributed by atoms with van der Waals surface area (Å²) in [6.45, 7) is 1.33. The molecule has 2 rings (SSSR count). The molecule has 0 aliphatic carbocycles. The molecule has 0 heterocycles. The van der Waals surface area contributed by atoms with Crippen LogP contribution in [0, 0.1) is 0 Å². The Bertz CT molecular complexity index is 821. The summed E-state index contributed by atoms with van der Waals surface area (Å²) in [4.78, 5) is 23.9. The van der Waals surface area contributed by atoms with Crippen LogP contribution in [0.25, 0.3) is 0 Å². The highest BCUT2D eigenvalue weighted by atomic mass is 16.6. The maximum Gasteiger partial charge on any atom is 0.342 e. The molecular formula is C19H21NO7. The fourth-order valence-electron chi connectivity index (χ4n) is 2.27. The smallest absolute Gasteiger partial charge is 0.342 e. The Morgan fingerprint density at radius 1 is 1.04 bits per heavy atom. The van der Waals surface area contributed by atoms with E-state index in [9.17, 15) is 24.9 Å². The van der Waals surface area contributed by atoms with E-state index in [2.05, 4.69) is 0 Å². The molecule has 0 saturated carbocycles. The summed E-state index contributed by atoms with van der Waals surface area (Å²) in [5.41, 5.74) is 6.34. The van der Waals surface area contributed by atoms with E-state index in [1.807, 2.05) is 0 Å². The number of hydrogen-bond acceptors (Lipinski definition) is 8. The van der Waals surface area contributed by atoms with Crippen molar-refractivity contribution in [1.29, 1.82) is 0 Å². The number of carbonyl (C=O) groups is 2. The zero-order valence-corrected chi connectivity index (χ0v) is 14.7. The minimum Gasteiger partial charge on any atom is -0.507 e. The Morgan fingerprint density at radius 2 is 1.74 bits per heavy atom. The van der Waals surface area contributed by atoms with Gasteiger partial charge in [-0.2, -0.15) is 0 Å². The van der Waals surface area contributed by atoms with E-state index >= 15 is 0 Å². The number of para-hydroxylation sites is 1. The number of esters is 2. The van der Waals surface area contributed by atoms with Crippen molar-refractivity contribution < 1.29 is 34.4 Å². The predicted molar refractivity (Wildman–Crippen MR) is 95.4 cm³/mol. The van der Waals surface area contributed by atoms with E-state index in [-0.39, 0.29) is 35.8 Å². The van der Waals surface area contributed by atoms with Gasteiger partial charge in [-0.05, 0) is 43.2 Å². The van der Waals surface area contributed by atoms with Crippen molar-refractivity contribution in [2.75, 3.05) is 6.61 Å². The quantitative estimate of drug-likeness (QED) is 0.421. The highest BCUT2D eigenvalue weighted by Crippen LogP contribution is 2.25. The number of ether oxygens (including phenoxy) is 2. The predicted octanol–water partition coefficient (Wildman–Crippen LogP) is 1.46. The first-order valence-electron chi connectivity index (χ1n) is 8.20. The van der Waals surface area contributed by atoms with Crippen LogP contribution in [0.1, 0.15) is 22.8 Å². The molecule has 144 valence electrons. The largest absolute Gasteiger partial charge is 0.507 e. The van der Waals surface area contributed by atoms with Gasteiger partial charge in [0, 0.05) is 0 Å². The van der Waals surface area contributed by atoms with Crippen LogP contribution in [0.3, 0.4) is 0 Å². The molecule has 8 heteroatoms. The third-order valence-electron chi connectivity index (χ3n) is 3.69. The number of benzene rings is 2. The zero-order valence-electron chi connectivity index (χ0n) is 14.7. The van der Waals surface area contributed by atoms with Gasteiger partial charge in [-0.1, -0.05) is 18.2 Å². The second kappa shape index (κ2) is 8.91. The van der Waals surface area contributed by atoms with Crippen LogP contribution in [-0.2, 0) is 20.7 Å². The van der Waals surface area contributed by atoms with E-state index in [0.29, 0.717) is 5.56 Å². The summed E-state index contributed by atoms with van der Waals surface area (Å²) >= 11 is 0. The van der Waals surface area contributed by atoms with Crippen LogP contribution in [0.15, 0.2) is 42.5 Å². The third kappa shape index (κ3) is 5.61. The van der Waals surface area contributed by atoms with Crippen molar-refractivity contribution >= 4 is 11.9 Å². The van der Waals surface area contributed by atoms with Crippen molar-refractivity contribution in [2.24, 2.45) is 5.73 Å². The molecule has 5 N–H and O–H groups in total. The minimum absolute atomic E-state index is 0.0134. The maximum absolute atomic E-state index is 12.0. The minimum atomic E-state index is -0.991. The normalized spacial score (nSPS) is 12.8. The van der Waals surface area contributed by atoms with Crippen LogP contribution >= 0.6 is 0 Å². The molecule has 0 saturated heterocycles. The second-order valence-electron chi connectivity index (χ2n) is 6.00. The van der Waals surface area contributed by atoms with Gasteiger partial charge in [0.25, 0.3) is 0 Å². The van der Waals surface area contributed by atoms with Crippen LogP contribution < -0.4 is 5.73 Å². The van der Waals surface area contributed by atoms with Gasteiger partial charge < -0.3 is 30.5 Å². The number of hydrogen-bond donors (Lipinski definition) is 4. The SMILES string of the molecule is CC(COC(=O)[C@@H](N)Cc1ccc(O)c(O)c1)OC(=O)c1ccccc1O. The molecule has 0 spiro atoms. The fourth-order valence-corrected chi connectivity index (χ4v) is 2.27. The first kappa shape index (κ1) is 20.1. The number of aromatic hydroxyl groups is 3. The van der Waals surface area contributed by atoms with Gasteiger partial charge in [-0.3, -0.25) is 4.79 Å². The van der Waals surface area contributed by atoms with E-state index in [1.54, 1.807) is 12.1 Å². The van der Waals surface area contributed by atoms with Crippen molar-refractivity contribution in [3.05, 3.63) is 53.6 Å². The van der Waals surface area contributed by atoms with E-state index in [1.165, 1.54) is 37.3 Å². The summed E-state index contributed by atoms with van der Waals surface area (Å²) in [7, 11) is 0. The van der Waals surface area contributed by atoms with Crippen LogP contribution in [0.2, 0.25) is 0 Å². The van der Waals surface area contributed by atoms with E-state index < -0.39 is 24.1 Å². The Morgan fingerprint density at radius 3 is 2.41 bits per heavy atom. The Hall–Kier alpha value is -3.26. The molecule has 2 atom stereocenters. The molecule has 0 aliphatic rings. The number of phenolic OH excluding ortho intramolecular Hbond substituents is 3. The van der Waals surface area contributed by atoms with Crippen LogP contribution in [0.4, 0.5) is 0 Å². The lowest BCUT2D eigenvalue weighted by molar-refractivity contribution is -0.148. The monoisotopic (exact) mass is 375 g/mol. The molecule has 8 nitrogen and oxygen atoms in total. The highest BCUT2D eigenvalue weighted by Gasteiger charge is 2.20. The van der Waals surface area contributed by atoms with Crippen LogP contribution in [0.5, 0.6) is 17.2 Å². The lowest BCUT2D eigenvalue weighted by atomic mass is 10.1. The summed E-state index contributed by atoms with van der Waals surface area (Å²) in [6.07, 6.45) is -0.649. The number of rotatable bonds is 7. The van der Waals surface area contributed by atoms with E-state index in [0.717, 1.165) is 0 Å². The summed E-state index contributed by atoms with van der Waals surface area (Å²) in [5, 5.41) is 28.4. The Balaban J connectivity index is 1.82. The average Bonchev–Trinajstić information content (AvgIpc) is 2.63. The first-order chi connectivity index (χ1) is 12.8. The molecule has 2 aromatic rings. The molecule has 0 fully saturated rings. The van der Waals surface area contributed by atoms with Gasteiger partial charge >= 0.3 is 11.9 Å². The standard InChI is InChI=1S/C19H21NO7/c1-11(27-18(24)13-4-2-3-5-15(13)21)10-26-19(25)14(20)8-12-6-7-16(22)17(23)9-12/h2-7,9,11,14,21-23H,8,10,20H2,1H3/t11?,14-/m0/s1. The fraction of sp³-hybridized carbons (Fsp3) is 0.263. The molecule has 2 aromatic carbocycles. The summed E-state index contributed by atoms with van der Waals surface area (Å²) < 4.78 is 10.2. The molecule has 0 aromatic heterocycles. The zero-order chi connectivity index (χ0) is 20.0. The number of nitrogens with two attached hydrogens (primary N) is 1. The van der Waals surface area contributed by atoms with Crippen molar-refractivity contribution in [2.45, 2.75) is 25.5 Å². The Labute approximate surface area is 155 Å². The average molecular weight is 375 g/mol. The van der Waals surface area contributed by atoms with Crippen LogP contribution in [-0.4, -0.2) is 46.0 Å². The summed E-state index contributed by atoms with van der Waals surface area (Å²) in [5.74, 6) is -2.22. The molecular weight excluding hydrogens is 354 g/mol. The van der Waals surface area contributed by atoms with Crippen molar-refractivity contribution in [1.82, 2.24) is 0 Å². The van der Waals surface area contributed by atoms with Crippen molar-refractivity contribution in [3.8, 4) is 17.2 Å². The lowest BCUT2D eigenvalue weighted by Crippen LogP contribution is -2.36. The van der Waals surface area contributed by atoms with Crippen molar-refractivity contribution in [3.63, 3.8) is 0 Å². The molecule has 0 amide bonds. The number of phenols is 3. The first-order valence-corrected chi connectivity index (χ1v) is 8.20. The molecule has 27 heavy (non-hydrogen) atoms. The molecule has 0 aliphatic heterocycles. The topological polar surface area (TPSA) is 139 Å². The van der Waals surface area contributed by atoms with Gasteiger partial charge in [-0.25, -0.2) is 4.79 Å².